The van der Waals surface area contributed by atoms with Crippen molar-refractivity contribution in [2.75, 3.05) is 0 Å². The SMILES string of the molecule is [CH2]/C(F)=C/c1ccc(-c2cccnn2)cc1. The minimum atomic E-state index is -0.452. The number of hydrogen-bond acceptors (Lipinski definition) is 2. The molecule has 0 saturated carbocycles. The van der Waals surface area contributed by atoms with Gasteiger partial charge < -0.3 is 0 Å². The molecule has 0 bridgehead atoms. The van der Waals surface area contributed by atoms with Crippen molar-refractivity contribution in [3.63, 3.8) is 0 Å². The fourth-order valence-electron chi connectivity index (χ4n) is 1.39. The average molecular weight is 213 g/mol. The van der Waals surface area contributed by atoms with Gasteiger partial charge in [-0.1, -0.05) is 24.3 Å². The Morgan fingerprint density at radius 2 is 1.94 bits per heavy atom. The van der Waals surface area contributed by atoms with E-state index in [2.05, 4.69) is 17.1 Å². The molecule has 0 atom stereocenters. The molecule has 0 amide bonds. The number of benzene rings is 1. The van der Waals surface area contributed by atoms with Gasteiger partial charge >= 0.3 is 0 Å². The van der Waals surface area contributed by atoms with Crippen molar-refractivity contribution < 1.29 is 4.39 Å². The van der Waals surface area contributed by atoms with Crippen LogP contribution in [0.5, 0.6) is 0 Å². The number of rotatable bonds is 2. The van der Waals surface area contributed by atoms with E-state index in [0.717, 1.165) is 16.8 Å². The van der Waals surface area contributed by atoms with Crippen LogP contribution in [0.2, 0.25) is 0 Å². The summed E-state index contributed by atoms with van der Waals surface area (Å²) in [6.45, 7) is 3.19. The molecular weight excluding hydrogens is 203 g/mol. The van der Waals surface area contributed by atoms with Crippen LogP contribution in [0, 0.1) is 6.92 Å². The Kier molecular flexibility index (Phi) is 3.05. The van der Waals surface area contributed by atoms with E-state index in [-0.39, 0.29) is 0 Å². The molecule has 0 fully saturated rings. The maximum Gasteiger partial charge on any atom is 0.101 e. The second-order valence-electron chi connectivity index (χ2n) is 3.32. The number of halogens is 1. The fraction of sp³-hybridized carbons (Fsp3) is 0. The van der Waals surface area contributed by atoms with E-state index in [1.165, 1.54) is 6.08 Å². The van der Waals surface area contributed by atoms with Crippen molar-refractivity contribution in [1.82, 2.24) is 10.2 Å². The minimum absolute atomic E-state index is 0.452. The molecule has 2 nitrogen and oxygen atoms in total. The van der Waals surface area contributed by atoms with Gasteiger partial charge in [0, 0.05) is 18.7 Å². The Labute approximate surface area is 93.5 Å². The van der Waals surface area contributed by atoms with E-state index >= 15 is 0 Å². The van der Waals surface area contributed by atoms with E-state index in [1.54, 1.807) is 6.20 Å². The molecule has 0 aliphatic heterocycles. The quantitative estimate of drug-likeness (QED) is 0.765. The topological polar surface area (TPSA) is 25.8 Å². The summed E-state index contributed by atoms with van der Waals surface area (Å²) in [6.07, 6.45) is 3.00. The number of allylic oxidation sites excluding steroid dienone is 1. The third-order valence-corrected chi connectivity index (χ3v) is 2.10. The summed E-state index contributed by atoms with van der Waals surface area (Å²) in [7, 11) is 0. The normalized spacial score (nSPS) is 11.5. The summed E-state index contributed by atoms with van der Waals surface area (Å²) in [6, 6.07) is 11.1. The molecule has 1 heterocycles. The first-order valence-corrected chi connectivity index (χ1v) is 4.83. The Morgan fingerprint density at radius 3 is 2.50 bits per heavy atom. The largest absolute Gasteiger partial charge is 0.212 e. The van der Waals surface area contributed by atoms with Crippen molar-refractivity contribution >= 4 is 6.08 Å². The lowest BCUT2D eigenvalue weighted by Gasteiger charge is -1.99. The summed E-state index contributed by atoms with van der Waals surface area (Å²) in [4.78, 5) is 0. The number of hydrogen-bond donors (Lipinski definition) is 0. The summed E-state index contributed by atoms with van der Waals surface area (Å²) in [5.41, 5.74) is 2.53. The highest BCUT2D eigenvalue weighted by molar-refractivity contribution is 5.62. The Balaban J connectivity index is 2.30. The van der Waals surface area contributed by atoms with Gasteiger partial charge in [-0.05, 0) is 23.8 Å². The maximum atomic E-state index is 12.5. The predicted molar refractivity (Wildman–Crippen MR) is 61.9 cm³/mol. The van der Waals surface area contributed by atoms with Crippen LogP contribution < -0.4 is 0 Å². The molecule has 1 aromatic carbocycles. The number of aromatic nitrogens is 2. The van der Waals surface area contributed by atoms with Gasteiger partial charge in [0.1, 0.15) is 5.83 Å². The van der Waals surface area contributed by atoms with Crippen LogP contribution in [0.15, 0.2) is 48.4 Å². The molecule has 1 radical (unpaired) electrons. The first kappa shape index (κ1) is 10.5. The fourth-order valence-corrected chi connectivity index (χ4v) is 1.39. The van der Waals surface area contributed by atoms with Crippen LogP contribution in [0.25, 0.3) is 17.3 Å². The van der Waals surface area contributed by atoms with Crippen LogP contribution in [0.4, 0.5) is 4.39 Å². The van der Waals surface area contributed by atoms with E-state index in [0.29, 0.717) is 0 Å². The van der Waals surface area contributed by atoms with Gasteiger partial charge in [-0.2, -0.15) is 10.2 Å². The van der Waals surface area contributed by atoms with E-state index < -0.39 is 5.83 Å². The lowest BCUT2D eigenvalue weighted by Crippen LogP contribution is -1.85. The zero-order valence-electron chi connectivity index (χ0n) is 8.60. The molecule has 3 heteroatoms. The molecule has 0 aliphatic rings. The second kappa shape index (κ2) is 4.66. The molecule has 0 aliphatic carbocycles. The monoisotopic (exact) mass is 213 g/mol. The van der Waals surface area contributed by atoms with E-state index in [4.69, 9.17) is 0 Å². The summed E-state index contributed by atoms with van der Waals surface area (Å²) < 4.78 is 12.5. The highest BCUT2D eigenvalue weighted by Gasteiger charge is 1.98. The zero-order chi connectivity index (χ0) is 11.4. The molecule has 16 heavy (non-hydrogen) atoms. The van der Waals surface area contributed by atoms with Crippen molar-refractivity contribution in [2.45, 2.75) is 0 Å². The Hall–Kier alpha value is -2.03. The van der Waals surface area contributed by atoms with Gasteiger partial charge in [0.2, 0.25) is 0 Å². The highest BCUT2D eigenvalue weighted by Crippen LogP contribution is 2.17. The van der Waals surface area contributed by atoms with Gasteiger partial charge in [0.05, 0.1) is 5.69 Å². The third-order valence-electron chi connectivity index (χ3n) is 2.10. The molecule has 2 aromatic rings. The first-order valence-electron chi connectivity index (χ1n) is 4.83. The van der Waals surface area contributed by atoms with Crippen LogP contribution in [-0.4, -0.2) is 10.2 Å². The highest BCUT2D eigenvalue weighted by atomic mass is 19.1. The van der Waals surface area contributed by atoms with Crippen LogP contribution in [-0.2, 0) is 0 Å². The van der Waals surface area contributed by atoms with Gasteiger partial charge in [0.25, 0.3) is 0 Å². The van der Waals surface area contributed by atoms with E-state index in [1.807, 2.05) is 36.4 Å². The summed E-state index contributed by atoms with van der Waals surface area (Å²) >= 11 is 0. The van der Waals surface area contributed by atoms with Crippen molar-refractivity contribution in [3.8, 4) is 11.3 Å². The molecule has 2 rings (SSSR count). The lowest BCUT2D eigenvalue weighted by atomic mass is 10.1. The van der Waals surface area contributed by atoms with Crippen LogP contribution >= 0.6 is 0 Å². The molecule has 0 spiro atoms. The molecular formula is C13H10FN2. The minimum Gasteiger partial charge on any atom is -0.212 e. The van der Waals surface area contributed by atoms with E-state index in [9.17, 15) is 4.39 Å². The van der Waals surface area contributed by atoms with Gasteiger partial charge in [-0.25, -0.2) is 4.39 Å². The second-order valence-corrected chi connectivity index (χ2v) is 3.32. The first-order chi connectivity index (χ1) is 7.75. The molecule has 0 N–H and O–H groups in total. The van der Waals surface area contributed by atoms with Crippen molar-refractivity contribution in [2.24, 2.45) is 0 Å². The lowest BCUT2D eigenvalue weighted by molar-refractivity contribution is 0.673. The standard InChI is InChI=1S/C13H10FN2/c1-10(14)9-11-4-6-12(7-5-11)13-3-2-8-15-16-13/h2-9H,1H2/b10-9-. The van der Waals surface area contributed by atoms with Crippen molar-refractivity contribution in [1.29, 1.82) is 0 Å². The molecule has 0 saturated heterocycles. The van der Waals surface area contributed by atoms with Gasteiger partial charge in [-0.3, -0.25) is 0 Å². The van der Waals surface area contributed by atoms with Crippen LogP contribution in [0.1, 0.15) is 5.56 Å². The summed E-state index contributed by atoms with van der Waals surface area (Å²) in [5, 5.41) is 7.79. The molecule has 0 unspecified atom stereocenters. The zero-order valence-corrected chi connectivity index (χ0v) is 8.60. The van der Waals surface area contributed by atoms with Gasteiger partial charge in [-0.15, -0.1) is 0 Å². The Morgan fingerprint density at radius 1 is 1.19 bits per heavy atom. The average Bonchev–Trinajstić information content (AvgIpc) is 2.30. The molecule has 79 valence electrons. The summed E-state index contributed by atoms with van der Waals surface area (Å²) in [5.74, 6) is -0.452. The van der Waals surface area contributed by atoms with Gasteiger partial charge in [0.15, 0.2) is 0 Å². The molecule has 1 aromatic heterocycles. The predicted octanol–water partition coefficient (Wildman–Crippen LogP) is 3.29. The third kappa shape index (κ3) is 2.51. The maximum absolute atomic E-state index is 12.5. The smallest absolute Gasteiger partial charge is 0.101 e. The van der Waals surface area contributed by atoms with Crippen LogP contribution in [0.3, 0.4) is 0 Å². The van der Waals surface area contributed by atoms with Crippen molar-refractivity contribution in [3.05, 3.63) is 60.9 Å². The number of nitrogens with zero attached hydrogens (tertiary/aromatic N) is 2. The Bertz CT molecular complexity index is 485.